The maximum atomic E-state index is 13.6. The van der Waals surface area contributed by atoms with Crippen LogP contribution in [0.15, 0.2) is 30.6 Å². The molecule has 0 amide bonds. The fourth-order valence-corrected chi connectivity index (χ4v) is 5.14. The SMILES string of the molecule is CCOC(=O)CC1CCC(CN(CC)c2ccc(C(F)(F)F)cc2CNc2ncc(OCCSC)cn2)CC1. The number of hydrogen-bond acceptors (Lipinski definition) is 8. The van der Waals surface area contributed by atoms with E-state index in [2.05, 4.69) is 20.2 Å². The van der Waals surface area contributed by atoms with Crippen LogP contribution in [0.3, 0.4) is 0 Å². The van der Waals surface area contributed by atoms with Gasteiger partial charge in [0.25, 0.3) is 0 Å². The van der Waals surface area contributed by atoms with Crippen molar-refractivity contribution in [3.05, 3.63) is 41.7 Å². The van der Waals surface area contributed by atoms with Crippen LogP contribution in [0.2, 0.25) is 0 Å². The normalized spacial score (nSPS) is 17.5. The van der Waals surface area contributed by atoms with Crippen molar-refractivity contribution in [3.8, 4) is 5.75 Å². The smallest absolute Gasteiger partial charge is 0.416 e. The highest BCUT2D eigenvalue weighted by Crippen LogP contribution is 2.36. The van der Waals surface area contributed by atoms with Crippen LogP contribution in [0.4, 0.5) is 24.8 Å². The Bertz CT molecular complexity index is 1030. The number of thioether (sulfide) groups is 1. The van der Waals surface area contributed by atoms with Crippen LogP contribution >= 0.6 is 11.8 Å². The molecule has 1 saturated carbocycles. The number of nitrogens with one attached hydrogen (secondary N) is 1. The molecule has 1 heterocycles. The summed E-state index contributed by atoms with van der Waals surface area (Å²) in [7, 11) is 0. The lowest BCUT2D eigenvalue weighted by Crippen LogP contribution is -2.33. The second-order valence-corrected chi connectivity index (χ2v) is 10.7. The molecule has 0 atom stereocenters. The van der Waals surface area contributed by atoms with Gasteiger partial charge in [-0.3, -0.25) is 4.79 Å². The Morgan fingerprint density at radius 3 is 2.44 bits per heavy atom. The zero-order valence-corrected chi connectivity index (χ0v) is 23.7. The average molecular weight is 569 g/mol. The topological polar surface area (TPSA) is 76.6 Å². The maximum Gasteiger partial charge on any atom is 0.416 e. The zero-order valence-electron chi connectivity index (χ0n) is 22.9. The van der Waals surface area contributed by atoms with Crippen LogP contribution < -0.4 is 15.0 Å². The lowest BCUT2D eigenvalue weighted by atomic mass is 9.80. The lowest BCUT2D eigenvalue weighted by Gasteiger charge is -2.34. The molecule has 0 aliphatic heterocycles. The number of ether oxygens (including phenoxy) is 2. The first-order chi connectivity index (χ1) is 18.7. The van der Waals surface area contributed by atoms with Crippen molar-refractivity contribution < 1.29 is 27.4 Å². The Morgan fingerprint density at radius 2 is 1.82 bits per heavy atom. The van der Waals surface area contributed by atoms with E-state index in [9.17, 15) is 18.0 Å². The molecule has 1 aliphatic carbocycles. The van der Waals surface area contributed by atoms with Crippen molar-refractivity contribution in [2.45, 2.75) is 58.7 Å². The first-order valence-electron chi connectivity index (χ1n) is 13.5. The molecule has 0 saturated heterocycles. The molecule has 0 unspecified atom stereocenters. The van der Waals surface area contributed by atoms with E-state index in [0.717, 1.165) is 49.7 Å². The lowest BCUT2D eigenvalue weighted by molar-refractivity contribution is -0.144. The Hall–Kier alpha value is -2.69. The van der Waals surface area contributed by atoms with E-state index in [1.54, 1.807) is 30.2 Å². The maximum absolute atomic E-state index is 13.6. The van der Waals surface area contributed by atoms with Crippen LogP contribution in [0.5, 0.6) is 5.75 Å². The largest absolute Gasteiger partial charge is 0.489 e. The molecule has 1 aliphatic rings. The molecule has 216 valence electrons. The first-order valence-corrected chi connectivity index (χ1v) is 14.9. The summed E-state index contributed by atoms with van der Waals surface area (Å²) in [4.78, 5) is 22.5. The Balaban J connectivity index is 1.67. The molecule has 39 heavy (non-hydrogen) atoms. The van der Waals surface area contributed by atoms with E-state index >= 15 is 0 Å². The van der Waals surface area contributed by atoms with Gasteiger partial charge >= 0.3 is 12.1 Å². The van der Waals surface area contributed by atoms with Gasteiger partial charge in [-0.1, -0.05) is 0 Å². The summed E-state index contributed by atoms with van der Waals surface area (Å²) in [5.74, 6) is 2.32. The van der Waals surface area contributed by atoms with Gasteiger partial charge in [0.05, 0.1) is 31.2 Å². The zero-order chi connectivity index (χ0) is 28.3. The highest BCUT2D eigenvalue weighted by Gasteiger charge is 2.32. The van der Waals surface area contributed by atoms with Crippen molar-refractivity contribution in [3.63, 3.8) is 0 Å². The Kier molecular flexibility index (Phi) is 12.0. The van der Waals surface area contributed by atoms with Crippen molar-refractivity contribution in [1.29, 1.82) is 0 Å². The average Bonchev–Trinajstić information content (AvgIpc) is 2.92. The fourth-order valence-electron chi connectivity index (χ4n) is 4.89. The number of carbonyl (C=O) groups excluding carboxylic acids is 1. The van der Waals surface area contributed by atoms with Crippen LogP contribution in [-0.4, -0.2) is 54.2 Å². The summed E-state index contributed by atoms with van der Waals surface area (Å²) >= 11 is 1.67. The van der Waals surface area contributed by atoms with Crippen LogP contribution in [0, 0.1) is 11.8 Å². The first kappa shape index (κ1) is 30.8. The van der Waals surface area contributed by atoms with Gasteiger partial charge in [0, 0.05) is 37.5 Å². The van der Waals surface area contributed by atoms with Gasteiger partial charge < -0.3 is 19.7 Å². The summed E-state index contributed by atoms with van der Waals surface area (Å²) in [5, 5.41) is 3.07. The number of esters is 1. The molecule has 1 N–H and O–H groups in total. The number of rotatable bonds is 14. The summed E-state index contributed by atoms with van der Waals surface area (Å²) in [6, 6.07) is 3.93. The quantitative estimate of drug-likeness (QED) is 0.206. The second-order valence-electron chi connectivity index (χ2n) is 9.71. The number of halogens is 3. The highest BCUT2D eigenvalue weighted by molar-refractivity contribution is 7.98. The van der Waals surface area contributed by atoms with Gasteiger partial charge in [-0.05, 0) is 81.4 Å². The molecular weight excluding hydrogens is 529 g/mol. The van der Waals surface area contributed by atoms with Gasteiger partial charge in [-0.25, -0.2) is 9.97 Å². The molecular formula is C28H39F3N4O3S. The molecule has 1 fully saturated rings. The second kappa shape index (κ2) is 15.2. The predicted molar refractivity (Wildman–Crippen MR) is 149 cm³/mol. The van der Waals surface area contributed by atoms with E-state index in [1.165, 1.54) is 6.07 Å². The standard InChI is InChI=1S/C28H39F3N4O3S/c1-4-35(19-21-8-6-20(7-9-21)14-26(36)37-5-2)25-11-10-23(28(29,30)31)15-22(25)16-32-27-33-17-24(18-34-27)38-12-13-39-3/h10-11,15,17-18,20-21H,4-9,12-14,16,19H2,1-3H3,(H,32,33,34). The summed E-state index contributed by atoms with van der Waals surface area (Å²) < 4.78 is 51.3. The van der Waals surface area contributed by atoms with Gasteiger partial charge in [-0.15, -0.1) is 0 Å². The minimum absolute atomic E-state index is 0.139. The number of aromatic nitrogens is 2. The Morgan fingerprint density at radius 1 is 1.13 bits per heavy atom. The minimum Gasteiger partial charge on any atom is -0.489 e. The van der Waals surface area contributed by atoms with Gasteiger partial charge in [0.2, 0.25) is 5.95 Å². The van der Waals surface area contributed by atoms with Gasteiger partial charge in [0.1, 0.15) is 0 Å². The van der Waals surface area contributed by atoms with Gasteiger partial charge in [0.15, 0.2) is 5.75 Å². The van der Waals surface area contributed by atoms with Crippen LogP contribution in [0.1, 0.15) is 57.1 Å². The molecule has 0 spiro atoms. The third kappa shape index (κ3) is 9.77. The van der Waals surface area contributed by atoms with Crippen molar-refractivity contribution >= 4 is 29.4 Å². The van der Waals surface area contributed by atoms with Crippen LogP contribution in [0.25, 0.3) is 0 Å². The van der Waals surface area contributed by atoms with Gasteiger partial charge in [-0.2, -0.15) is 24.9 Å². The molecule has 3 rings (SSSR count). The molecule has 2 aromatic rings. The fraction of sp³-hybridized carbons (Fsp3) is 0.607. The number of nitrogens with zero attached hydrogens (tertiary/aromatic N) is 3. The number of hydrogen-bond donors (Lipinski definition) is 1. The summed E-state index contributed by atoms with van der Waals surface area (Å²) in [5.41, 5.74) is 0.618. The minimum atomic E-state index is -4.44. The molecule has 1 aromatic carbocycles. The Labute approximate surface area is 233 Å². The molecule has 11 heteroatoms. The molecule has 0 radical (unpaired) electrons. The van der Waals surface area contributed by atoms with E-state index in [-0.39, 0.29) is 12.5 Å². The third-order valence-electron chi connectivity index (χ3n) is 6.96. The predicted octanol–water partition coefficient (Wildman–Crippen LogP) is 6.44. The number of carbonyl (C=O) groups is 1. The molecule has 0 bridgehead atoms. The van der Waals surface area contributed by atoms with E-state index in [1.807, 2.05) is 20.1 Å². The summed E-state index contributed by atoms with van der Waals surface area (Å²) in [6.45, 7) is 6.33. The van der Waals surface area contributed by atoms with Crippen LogP contribution in [-0.2, 0) is 22.3 Å². The van der Waals surface area contributed by atoms with E-state index in [0.29, 0.717) is 55.3 Å². The number of anilines is 2. The third-order valence-corrected chi connectivity index (χ3v) is 7.53. The molecule has 7 nitrogen and oxygen atoms in total. The number of benzene rings is 1. The van der Waals surface area contributed by atoms with E-state index < -0.39 is 11.7 Å². The van der Waals surface area contributed by atoms with Crippen molar-refractivity contribution in [1.82, 2.24) is 9.97 Å². The van der Waals surface area contributed by atoms with Crippen molar-refractivity contribution in [2.75, 3.05) is 48.5 Å². The van der Waals surface area contributed by atoms with E-state index in [4.69, 9.17) is 9.47 Å². The number of alkyl halides is 3. The van der Waals surface area contributed by atoms with Crippen molar-refractivity contribution in [2.24, 2.45) is 11.8 Å². The summed E-state index contributed by atoms with van der Waals surface area (Å²) in [6.07, 6.45) is 5.00. The molecule has 1 aromatic heterocycles. The highest BCUT2D eigenvalue weighted by atomic mass is 32.2. The monoisotopic (exact) mass is 568 g/mol.